The predicted molar refractivity (Wildman–Crippen MR) is 141 cm³/mol. The van der Waals surface area contributed by atoms with E-state index in [1.807, 2.05) is 42.5 Å². The van der Waals surface area contributed by atoms with Crippen molar-refractivity contribution in [2.45, 2.75) is 39.0 Å². The Morgan fingerprint density at radius 3 is 2.08 bits per heavy atom. The van der Waals surface area contributed by atoms with Crippen molar-refractivity contribution in [3.05, 3.63) is 82.2 Å². The average molecular weight is 520 g/mol. The second-order valence-corrected chi connectivity index (χ2v) is 9.10. The summed E-state index contributed by atoms with van der Waals surface area (Å²) in [6.07, 6.45) is 0.337. The van der Waals surface area contributed by atoms with Crippen LogP contribution >= 0.6 is 0 Å². The number of Topliss-reactive ketones (excluding diaryl/α,β-unsaturated/α-hetero) is 1. The fourth-order valence-electron chi connectivity index (χ4n) is 5.50. The summed E-state index contributed by atoms with van der Waals surface area (Å²) in [5.41, 5.74) is 3.25. The number of dihydropyridines is 1. The molecule has 1 heterocycles. The SMILES string of the molecule is CCOC(=O)C1=C(C)NC2=C(C(=O)[C@@H](C(=O)OCC)[C@@H](c3ccccc3OC)C2)[C@@H]1c1ccccc1OC. The van der Waals surface area contributed by atoms with Crippen LogP contribution in [-0.2, 0) is 23.9 Å². The first-order valence-corrected chi connectivity index (χ1v) is 12.7. The lowest BCUT2D eigenvalue weighted by Gasteiger charge is -2.39. The van der Waals surface area contributed by atoms with Gasteiger partial charge in [-0.2, -0.15) is 0 Å². The Balaban J connectivity index is 1.95. The van der Waals surface area contributed by atoms with Gasteiger partial charge in [0, 0.05) is 28.4 Å². The molecule has 0 spiro atoms. The van der Waals surface area contributed by atoms with E-state index >= 15 is 0 Å². The molecule has 2 aliphatic rings. The summed E-state index contributed by atoms with van der Waals surface area (Å²) in [6.45, 7) is 5.54. The number of allylic oxidation sites excluding steroid dienone is 3. The van der Waals surface area contributed by atoms with E-state index in [2.05, 4.69) is 5.32 Å². The topological polar surface area (TPSA) is 100 Å². The van der Waals surface area contributed by atoms with Gasteiger partial charge < -0.3 is 24.3 Å². The fraction of sp³-hybridized carbons (Fsp3) is 0.367. The molecule has 2 aromatic rings. The van der Waals surface area contributed by atoms with Crippen LogP contribution in [0.15, 0.2) is 71.1 Å². The van der Waals surface area contributed by atoms with Crippen molar-refractivity contribution >= 4 is 17.7 Å². The highest BCUT2D eigenvalue weighted by Gasteiger charge is 2.50. The zero-order chi connectivity index (χ0) is 27.4. The van der Waals surface area contributed by atoms with Gasteiger partial charge in [-0.15, -0.1) is 0 Å². The highest BCUT2D eigenvalue weighted by Crippen LogP contribution is 2.50. The van der Waals surface area contributed by atoms with E-state index in [1.165, 1.54) is 7.11 Å². The molecule has 1 aliphatic heterocycles. The Morgan fingerprint density at radius 2 is 1.47 bits per heavy atom. The van der Waals surface area contributed by atoms with E-state index in [0.29, 0.717) is 46.0 Å². The molecule has 4 rings (SSSR count). The van der Waals surface area contributed by atoms with Crippen molar-refractivity contribution in [3.63, 3.8) is 0 Å². The fourth-order valence-corrected chi connectivity index (χ4v) is 5.50. The largest absolute Gasteiger partial charge is 0.496 e. The molecule has 1 aliphatic carbocycles. The summed E-state index contributed by atoms with van der Waals surface area (Å²) in [5.74, 6) is -2.88. The van der Waals surface area contributed by atoms with Gasteiger partial charge in [-0.05, 0) is 44.9 Å². The number of hydrogen-bond acceptors (Lipinski definition) is 8. The highest BCUT2D eigenvalue weighted by molar-refractivity contribution is 6.13. The van der Waals surface area contributed by atoms with Gasteiger partial charge in [0.1, 0.15) is 17.4 Å². The lowest BCUT2D eigenvalue weighted by atomic mass is 9.67. The van der Waals surface area contributed by atoms with Crippen molar-refractivity contribution in [2.75, 3.05) is 27.4 Å². The number of carbonyl (C=O) groups excluding carboxylic acids is 3. The molecule has 0 unspecified atom stereocenters. The third-order valence-corrected chi connectivity index (χ3v) is 7.04. The van der Waals surface area contributed by atoms with Crippen LogP contribution in [0.2, 0.25) is 0 Å². The lowest BCUT2D eigenvalue weighted by Crippen LogP contribution is -2.43. The van der Waals surface area contributed by atoms with Crippen LogP contribution in [0.25, 0.3) is 0 Å². The van der Waals surface area contributed by atoms with Crippen molar-refractivity contribution < 1.29 is 33.3 Å². The minimum Gasteiger partial charge on any atom is -0.496 e. The molecule has 8 nitrogen and oxygen atoms in total. The molecule has 1 N–H and O–H groups in total. The standard InChI is InChI=1S/C30H33NO7/c1-6-37-29(33)24-17(3)31-21-16-20(18-12-8-10-14-22(18)35-4)26(30(34)38-7-2)28(32)27(21)25(24)19-13-9-11-15-23(19)36-5/h8-15,20,25-26,31H,6-7,16H2,1-5H3/t20-,25-,26+/m1/s1. The van der Waals surface area contributed by atoms with Crippen molar-refractivity contribution in [3.8, 4) is 11.5 Å². The zero-order valence-corrected chi connectivity index (χ0v) is 22.3. The van der Waals surface area contributed by atoms with E-state index < -0.39 is 35.5 Å². The van der Waals surface area contributed by atoms with Gasteiger partial charge in [-0.25, -0.2) is 4.79 Å². The van der Waals surface area contributed by atoms with Crippen LogP contribution in [0.1, 0.15) is 50.2 Å². The lowest BCUT2D eigenvalue weighted by molar-refractivity contribution is -0.152. The van der Waals surface area contributed by atoms with E-state index in [0.717, 1.165) is 5.56 Å². The van der Waals surface area contributed by atoms with Gasteiger partial charge in [-0.3, -0.25) is 9.59 Å². The van der Waals surface area contributed by atoms with Gasteiger partial charge in [0.2, 0.25) is 0 Å². The van der Waals surface area contributed by atoms with Crippen LogP contribution in [0.4, 0.5) is 0 Å². The Labute approximate surface area is 222 Å². The van der Waals surface area contributed by atoms with Crippen molar-refractivity contribution in [1.82, 2.24) is 5.32 Å². The third-order valence-electron chi connectivity index (χ3n) is 7.04. The first kappa shape index (κ1) is 27.0. The molecule has 0 fully saturated rings. The highest BCUT2D eigenvalue weighted by atomic mass is 16.5. The number of ketones is 1. The Bertz CT molecular complexity index is 1310. The molecule has 0 radical (unpaired) electrons. The monoisotopic (exact) mass is 519 g/mol. The molecule has 38 heavy (non-hydrogen) atoms. The van der Waals surface area contributed by atoms with Gasteiger partial charge in [-0.1, -0.05) is 36.4 Å². The number of methoxy groups -OCH3 is 2. The normalized spacial score (nSPS) is 20.9. The number of esters is 2. The van der Waals surface area contributed by atoms with Gasteiger partial charge in [0.25, 0.3) is 0 Å². The van der Waals surface area contributed by atoms with Crippen molar-refractivity contribution in [1.29, 1.82) is 0 Å². The van der Waals surface area contributed by atoms with Gasteiger partial charge in [0.05, 0.1) is 38.9 Å². The third kappa shape index (κ3) is 4.78. The summed E-state index contributed by atoms with van der Waals surface area (Å²) < 4.78 is 22.0. The minimum atomic E-state index is -1.12. The molecule has 0 saturated heterocycles. The van der Waals surface area contributed by atoms with Crippen LogP contribution in [0.3, 0.4) is 0 Å². The summed E-state index contributed by atoms with van der Waals surface area (Å²) in [7, 11) is 3.10. The minimum absolute atomic E-state index is 0.133. The Kier molecular flexibility index (Phi) is 8.20. The molecular weight excluding hydrogens is 486 g/mol. The number of hydrogen-bond donors (Lipinski definition) is 1. The van der Waals surface area contributed by atoms with Crippen LogP contribution in [0.5, 0.6) is 11.5 Å². The van der Waals surface area contributed by atoms with E-state index in [1.54, 1.807) is 33.9 Å². The maximum atomic E-state index is 14.4. The van der Waals surface area contributed by atoms with Crippen LogP contribution < -0.4 is 14.8 Å². The van der Waals surface area contributed by atoms with Crippen LogP contribution in [-0.4, -0.2) is 45.2 Å². The first-order chi connectivity index (χ1) is 18.4. The first-order valence-electron chi connectivity index (χ1n) is 12.7. The summed E-state index contributed by atoms with van der Waals surface area (Å²) in [5, 5.41) is 3.31. The van der Waals surface area contributed by atoms with E-state index in [9.17, 15) is 14.4 Å². The van der Waals surface area contributed by atoms with Gasteiger partial charge in [0.15, 0.2) is 5.78 Å². The quantitative estimate of drug-likeness (QED) is 0.404. The summed E-state index contributed by atoms with van der Waals surface area (Å²) in [6, 6.07) is 14.6. The Hall–Kier alpha value is -4.07. The number of benzene rings is 2. The number of para-hydroxylation sites is 2. The maximum absolute atomic E-state index is 14.4. The van der Waals surface area contributed by atoms with E-state index in [4.69, 9.17) is 18.9 Å². The van der Waals surface area contributed by atoms with E-state index in [-0.39, 0.29) is 13.2 Å². The predicted octanol–water partition coefficient (Wildman–Crippen LogP) is 4.42. The maximum Gasteiger partial charge on any atom is 0.336 e. The molecular formula is C30H33NO7. The molecule has 2 aromatic carbocycles. The van der Waals surface area contributed by atoms with Crippen molar-refractivity contribution in [2.24, 2.45) is 5.92 Å². The number of rotatable bonds is 8. The molecule has 8 heteroatoms. The Morgan fingerprint density at radius 1 is 0.895 bits per heavy atom. The molecule has 0 aromatic heterocycles. The summed E-state index contributed by atoms with van der Waals surface area (Å²) >= 11 is 0. The van der Waals surface area contributed by atoms with Gasteiger partial charge >= 0.3 is 11.9 Å². The number of carbonyl (C=O) groups is 3. The zero-order valence-electron chi connectivity index (χ0n) is 22.3. The molecule has 0 saturated carbocycles. The average Bonchev–Trinajstić information content (AvgIpc) is 2.92. The number of ether oxygens (including phenoxy) is 4. The molecule has 3 atom stereocenters. The molecule has 200 valence electrons. The molecule has 0 amide bonds. The second kappa shape index (κ2) is 11.5. The molecule has 0 bridgehead atoms. The van der Waals surface area contributed by atoms with Crippen LogP contribution in [0, 0.1) is 5.92 Å². The number of nitrogens with one attached hydrogen (secondary N) is 1. The second-order valence-electron chi connectivity index (χ2n) is 9.10. The summed E-state index contributed by atoms with van der Waals surface area (Å²) in [4.78, 5) is 41.0. The smallest absolute Gasteiger partial charge is 0.336 e.